The number of hydrogen-bond acceptors (Lipinski definition) is 2. The molecule has 0 aromatic heterocycles. The van der Waals surface area contributed by atoms with Crippen LogP contribution >= 0.6 is 15.9 Å². The second kappa shape index (κ2) is 6.90. The lowest BCUT2D eigenvalue weighted by Gasteiger charge is -2.17. The molecule has 2 nitrogen and oxygen atoms in total. The van der Waals surface area contributed by atoms with Gasteiger partial charge in [-0.3, -0.25) is 0 Å². The van der Waals surface area contributed by atoms with E-state index in [9.17, 15) is 0 Å². The van der Waals surface area contributed by atoms with Crippen LogP contribution in [0, 0.1) is 5.92 Å². The third-order valence-corrected chi connectivity index (χ3v) is 4.56. The highest BCUT2D eigenvalue weighted by molar-refractivity contribution is 9.09. The van der Waals surface area contributed by atoms with E-state index in [1.165, 1.54) is 5.56 Å². The van der Waals surface area contributed by atoms with Gasteiger partial charge in [0.25, 0.3) is 0 Å². The van der Waals surface area contributed by atoms with Crippen molar-refractivity contribution in [3.63, 3.8) is 0 Å². The normalized spacial score (nSPS) is 14.2. The molecule has 0 fully saturated rings. The molecule has 0 heterocycles. The Morgan fingerprint density at radius 2 is 1.82 bits per heavy atom. The van der Waals surface area contributed by atoms with E-state index in [1.54, 1.807) is 14.2 Å². The highest BCUT2D eigenvalue weighted by Crippen LogP contribution is 2.29. The molecule has 0 amide bonds. The van der Waals surface area contributed by atoms with Gasteiger partial charge in [0.1, 0.15) is 0 Å². The number of ether oxygens (including phenoxy) is 2. The van der Waals surface area contributed by atoms with Gasteiger partial charge in [-0.1, -0.05) is 35.8 Å². The largest absolute Gasteiger partial charge is 0.493 e. The molecule has 96 valence electrons. The van der Waals surface area contributed by atoms with Crippen molar-refractivity contribution in [2.24, 2.45) is 5.92 Å². The van der Waals surface area contributed by atoms with Gasteiger partial charge in [0, 0.05) is 4.83 Å². The lowest BCUT2D eigenvalue weighted by molar-refractivity contribution is 0.354. The minimum atomic E-state index is 0.565. The number of hydrogen-bond donors (Lipinski definition) is 0. The number of halogens is 1. The maximum absolute atomic E-state index is 5.31. The van der Waals surface area contributed by atoms with Gasteiger partial charge in [-0.15, -0.1) is 0 Å². The molecule has 2 atom stereocenters. The second-order valence-corrected chi connectivity index (χ2v) is 5.47. The zero-order valence-electron chi connectivity index (χ0n) is 11.0. The molecular formula is C14H21BrO2. The van der Waals surface area contributed by atoms with E-state index in [0.717, 1.165) is 24.3 Å². The second-order valence-electron chi connectivity index (χ2n) is 4.29. The first kappa shape index (κ1) is 14.4. The highest BCUT2D eigenvalue weighted by Gasteiger charge is 2.13. The molecule has 0 N–H and O–H groups in total. The van der Waals surface area contributed by atoms with E-state index >= 15 is 0 Å². The van der Waals surface area contributed by atoms with E-state index in [0.29, 0.717) is 10.7 Å². The monoisotopic (exact) mass is 300 g/mol. The van der Waals surface area contributed by atoms with Crippen LogP contribution in [0.25, 0.3) is 0 Å². The Hall–Kier alpha value is -0.700. The number of benzene rings is 1. The fourth-order valence-electron chi connectivity index (χ4n) is 1.91. The quantitative estimate of drug-likeness (QED) is 0.738. The van der Waals surface area contributed by atoms with E-state index < -0.39 is 0 Å². The fraction of sp³-hybridized carbons (Fsp3) is 0.571. The minimum absolute atomic E-state index is 0.565. The van der Waals surface area contributed by atoms with Crippen molar-refractivity contribution < 1.29 is 9.47 Å². The summed E-state index contributed by atoms with van der Waals surface area (Å²) in [6, 6.07) is 6.13. The summed E-state index contributed by atoms with van der Waals surface area (Å²) in [5.74, 6) is 2.20. The Bertz CT molecular complexity index is 352. The van der Waals surface area contributed by atoms with Gasteiger partial charge in [0.05, 0.1) is 14.2 Å². The predicted octanol–water partition coefficient (Wildman–Crippen LogP) is 4.06. The maximum atomic E-state index is 5.31. The van der Waals surface area contributed by atoms with Crippen LogP contribution in [0.3, 0.4) is 0 Å². The molecule has 0 saturated heterocycles. The van der Waals surface area contributed by atoms with Crippen LogP contribution in [0.2, 0.25) is 0 Å². The molecular weight excluding hydrogens is 280 g/mol. The van der Waals surface area contributed by atoms with Crippen molar-refractivity contribution in [3.8, 4) is 11.5 Å². The van der Waals surface area contributed by atoms with Gasteiger partial charge in [-0.2, -0.15) is 0 Å². The lowest BCUT2D eigenvalue weighted by atomic mass is 9.96. The molecule has 0 saturated carbocycles. The van der Waals surface area contributed by atoms with Crippen molar-refractivity contribution >= 4 is 15.9 Å². The van der Waals surface area contributed by atoms with Crippen molar-refractivity contribution in [1.82, 2.24) is 0 Å². The van der Waals surface area contributed by atoms with Gasteiger partial charge in [-0.05, 0) is 36.5 Å². The Balaban J connectivity index is 2.78. The molecule has 17 heavy (non-hydrogen) atoms. The molecule has 0 radical (unpaired) electrons. The van der Waals surface area contributed by atoms with Crippen LogP contribution in [0.1, 0.15) is 25.8 Å². The Morgan fingerprint density at radius 3 is 2.35 bits per heavy atom. The molecule has 1 rings (SSSR count). The van der Waals surface area contributed by atoms with Crippen LogP contribution in [0.4, 0.5) is 0 Å². The zero-order valence-corrected chi connectivity index (χ0v) is 12.6. The summed E-state index contributed by atoms with van der Waals surface area (Å²) in [7, 11) is 3.33. The maximum Gasteiger partial charge on any atom is 0.160 e. The summed E-state index contributed by atoms with van der Waals surface area (Å²) < 4.78 is 10.5. The summed E-state index contributed by atoms with van der Waals surface area (Å²) in [5.41, 5.74) is 1.29. The summed E-state index contributed by atoms with van der Waals surface area (Å²) in [6.45, 7) is 4.46. The predicted molar refractivity (Wildman–Crippen MR) is 75.4 cm³/mol. The van der Waals surface area contributed by atoms with Crippen molar-refractivity contribution in [3.05, 3.63) is 23.8 Å². The van der Waals surface area contributed by atoms with Crippen molar-refractivity contribution in [1.29, 1.82) is 0 Å². The molecule has 0 spiro atoms. The molecule has 3 heteroatoms. The molecule has 0 aliphatic rings. The Morgan fingerprint density at radius 1 is 1.18 bits per heavy atom. The molecule has 0 aliphatic carbocycles. The lowest BCUT2D eigenvalue weighted by Crippen LogP contribution is -2.12. The highest BCUT2D eigenvalue weighted by atomic mass is 79.9. The van der Waals surface area contributed by atoms with Gasteiger partial charge in [0.15, 0.2) is 11.5 Å². The first-order valence-corrected chi connectivity index (χ1v) is 6.88. The third-order valence-electron chi connectivity index (χ3n) is 3.01. The molecule has 2 unspecified atom stereocenters. The van der Waals surface area contributed by atoms with Crippen LogP contribution in [-0.4, -0.2) is 19.0 Å². The van der Waals surface area contributed by atoms with E-state index in [2.05, 4.69) is 41.9 Å². The molecule has 0 bridgehead atoms. The molecule has 0 aliphatic heterocycles. The van der Waals surface area contributed by atoms with E-state index in [1.807, 2.05) is 6.07 Å². The number of rotatable bonds is 6. The summed E-state index contributed by atoms with van der Waals surface area (Å²) in [5, 5.41) is 0. The van der Waals surface area contributed by atoms with Crippen LogP contribution < -0.4 is 9.47 Å². The number of alkyl halides is 1. The average Bonchev–Trinajstić information content (AvgIpc) is 2.37. The Labute approximate surface area is 112 Å². The van der Waals surface area contributed by atoms with Crippen LogP contribution in [-0.2, 0) is 6.42 Å². The SMILES string of the molecule is CCC(Br)C(C)Cc1ccc(OC)c(OC)c1. The third kappa shape index (κ3) is 3.91. The standard InChI is InChI=1S/C14H21BrO2/c1-5-12(15)10(2)8-11-6-7-13(16-3)14(9-11)17-4/h6-7,9-10,12H,5,8H2,1-4H3. The first-order valence-electron chi connectivity index (χ1n) is 5.97. The summed E-state index contributed by atoms with van der Waals surface area (Å²) in [4.78, 5) is 0.565. The van der Waals surface area contributed by atoms with E-state index in [-0.39, 0.29) is 0 Å². The zero-order chi connectivity index (χ0) is 12.8. The van der Waals surface area contributed by atoms with Gasteiger partial charge >= 0.3 is 0 Å². The molecule has 1 aromatic rings. The van der Waals surface area contributed by atoms with Crippen LogP contribution in [0.5, 0.6) is 11.5 Å². The number of methoxy groups -OCH3 is 2. The topological polar surface area (TPSA) is 18.5 Å². The van der Waals surface area contributed by atoms with Crippen molar-refractivity contribution in [2.75, 3.05) is 14.2 Å². The molecule has 1 aromatic carbocycles. The summed E-state index contributed by atoms with van der Waals surface area (Å²) in [6.07, 6.45) is 2.19. The van der Waals surface area contributed by atoms with E-state index in [4.69, 9.17) is 9.47 Å². The first-order chi connectivity index (χ1) is 8.12. The smallest absolute Gasteiger partial charge is 0.160 e. The van der Waals surface area contributed by atoms with Gasteiger partial charge in [0.2, 0.25) is 0 Å². The van der Waals surface area contributed by atoms with Crippen LogP contribution in [0.15, 0.2) is 18.2 Å². The summed E-state index contributed by atoms with van der Waals surface area (Å²) >= 11 is 3.71. The average molecular weight is 301 g/mol. The van der Waals surface area contributed by atoms with Gasteiger partial charge < -0.3 is 9.47 Å². The fourth-order valence-corrected chi connectivity index (χ4v) is 2.10. The van der Waals surface area contributed by atoms with Gasteiger partial charge in [-0.25, -0.2) is 0 Å². The van der Waals surface area contributed by atoms with Crippen molar-refractivity contribution in [2.45, 2.75) is 31.5 Å². The Kier molecular flexibility index (Phi) is 5.83. The minimum Gasteiger partial charge on any atom is -0.493 e.